The van der Waals surface area contributed by atoms with E-state index in [1.807, 2.05) is 0 Å². The standard InChI is InChI=1S/C17H19N5O2/c18-13-6-1-5-12-14(13)16(24)22(15(12)23)11-4-2-9-21(10-11)17-19-7-3-8-20-17/h1,3,5-8,11,15,23H,2,4,9-10,18H2/t11-,15?/m0/s1. The molecule has 3 heterocycles. The lowest BCUT2D eigenvalue weighted by Gasteiger charge is -2.38. The Morgan fingerprint density at radius 3 is 2.75 bits per heavy atom. The first-order valence-corrected chi connectivity index (χ1v) is 8.08. The SMILES string of the molecule is Nc1cccc2c1C(=O)N([C@H]1CCCN(c3ncccn3)C1)C2O. The first-order valence-electron chi connectivity index (χ1n) is 8.08. The number of aliphatic hydroxyl groups excluding tert-OH is 1. The molecule has 2 aromatic rings. The predicted molar refractivity (Wildman–Crippen MR) is 89.3 cm³/mol. The third-order valence-corrected chi connectivity index (χ3v) is 4.74. The van der Waals surface area contributed by atoms with Crippen molar-refractivity contribution in [3.63, 3.8) is 0 Å². The lowest BCUT2D eigenvalue weighted by Crippen LogP contribution is -2.49. The molecule has 1 aromatic heterocycles. The number of piperidine rings is 1. The molecule has 0 spiro atoms. The quantitative estimate of drug-likeness (QED) is 0.805. The Bertz CT molecular complexity index is 767. The predicted octanol–water partition coefficient (Wildman–Crippen LogP) is 1.17. The monoisotopic (exact) mass is 325 g/mol. The largest absolute Gasteiger partial charge is 0.398 e. The van der Waals surface area contributed by atoms with Crippen molar-refractivity contribution < 1.29 is 9.90 Å². The number of benzene rings is 1. The minimum atomic E-state index is -0.947. The Morgan fingerprint density at radius 1 is 1.21 bits per heavy atom. The number of hydrogen-bond donors (Lipinski definition) is 2. The maximum Gasteiger partial charge on any atom is 0.259 e. The summed E-state index contributed by atoms with van der Waals surface area (Å²) in [4.78, 5) is 25.0. The number of carbonyl (C=O) groups is 1. The molecule has 0 bridgehead atoms. The number of anilines is 2. The molecule has 1 aromatic carbocycles. The molecule has 2 aliphatic heterocycles. The summed E-state index contributed by atoms with van der Waals surface area (Å²) in [6.07, 6.45) is 4.21. The molecule has 0 radical (unpaired) electrons. The molecule has 1 saturated heterocycles. The normalized spacial score (nSPS) is 23.5. The van der Waals surface area contributed by atoms with E-state index in [2.05, 4.69) is 14.9 Å². The number of aliphatic hydroxyl groups is 1. The molecule has 2 aliphatic rings. The van der Waals surface area contributed by atoms with E-state index in [9.17, 15) is 9.90 Å². The van der Waals surface area contributed by atoms with Gasteiger partial charge in [0.2, 0.25) is 5.95 Å². The molecule has 1 fully saturated rings. The van der Waals surface area contributed by atoms with Crippen molar-refractivity contribution in [3.8, 4) is 0 Å². The average molecular weight is 325 g/mol. The van der Waals surface area contributed by atoms with Crippen LogP contribution in [0.1, 0.15) is 35.0 Å². The summed E-state index contributed by atoms with van der Waals surface area (Å²) in [7, 11) is 0. The lowest BCUT2D eigenvalue weighted by atomic mass is 10.0. The number of amides is 1. The number of aromatic nitrogens is 2. The molecule has 0 saturated carbocycles. The molecule has 7 nitrogen and oxygen atoms in total. The number of fused-ring (bicyclic) bond motifs is 1. The molecular formula is C17H19N5O2. The lowest BCUT2D eigenvalue weighted by molar-refractivity contribution is -0.00594. The summed E-state index contributed by atoms with van der Waals surface area (Å²) < 4.78 is 0. The summed E-state index contributed by atoms with van der Waals surface area (Å²) in [5.74, 6) is 0.455. The van der Waals surface area contributed by atoms with E-state index >= 15 is 0 Å². The van der Waals surface area contributed by atoms with Gasteiger partial charge in [-0.2, -0.15) is 0 Å². The number of carbonyl (C=O) groups excluding carboxylic acids is 1. The second-order valence-corrected chi connectivity index (χ2v) is 6.19. The van der Waals surface area contributed by atoms with E-state index in [1.54, 1.807) is 41.6 Å². The molecule has 24 heavy (non-hydrogen) atoms. The van der Waals surface area contributed by atoms with Gasteiger partial charge >= 0.3 is 0 Å². The minimum Gasteiger partial charge on any atom is -0.398 e. The smallest absolute Gasteiger partial charge is 0.259 e. The maximum atomic E-state index is 12.8. The number of nitrogens with two attached hydrogens (primary N) is 1. The van der Waals surface area contributed by atoms with Crippen molar-refractivity contribution in [3.05, 3.63) is 47.8 Å². The van der Waals surface area contributed by atoms with Crippen molar-refractivity contribution >= 4 is 17.5 Å². The van der Waals surface area contributed by atoms with Crippen molar-refractivity contribution in [1.82, 2.24) is 14.9 Å². The average Bonchev–Trinajstić information content (AvgIpc) is 2.88. The molecular weight excluding hydrogens is 306 g/mol. The maximum absolute atomic E-state index is 12.8. The van der Waals surface area contributed by atoms with Crippen molar-refractivity contribution in [2.24, 2.45) is 0 Å². The second kappa shape index (κ2) is 5.76. The molecule has 124 valence electrons. The van der Waals surface area contributed by atoms with Gasteiger partial charge < -0.3 is 20.6 Å². The van der Waals surface area contributed by atoms with Crippen LogP contribution >= 0.6 is 0 Å². The van der Waals surface area contributed by atoms with Crippen molar-refractivity contribution in [1.29, 1.82) is 0 Å². The van der Waals surface area contributed by atoms with Crippen LogP contribution in [0.4, 0.5) is 11.6 Å². The van der Waals surface area contributed by atoms with Crippen LogP contribution in [0.5, 0.6) is 0 Å². The third-order valence-electron chi connectivity index (χ3n) is 4.74. The fraction of sp³-hybridized carbons (Fsp3) is 0.353. The summed E-state index contributed by atoms with van der Waals surface area (Å²) in [5.41, 5.74) is 7.38. The van der Waals surface area contributed by atoms with Crippen LogP contribution in [0, 0.1) is 0 Å². The Kier molecular flexibility index (Phi) is 3.57. The van der Waals surface area contributed by atoms with Crippen LogP contribution in [0.2, 0.25) is 0 Å². The van der Waals surface area contributed by atoms with E-state index in [0.29, 0.717) is 29.3 Å². The molecule has 1 amide bonds. The van der Waals surface area contributed by atoms with Gasteiger partial charge in [-0.05, 0) is 25.0 Å². The van der Waals surface area contributed by atoms with Crippen LogP contribution in [-0.2, 0) is 0 Å². The highest BCUT2D eigenvalue weighted by Crippen LogP contribution is 2.38. The number of hydrogen-bond acceptors (Lipinski definition) is 6. The van der Waals surface area contributed by atoms with Gasteiger partial charge in [0.25, 0.3) is 5.91 Å². The third kappa shape index (κ3) is 2.28. The van der Waals surface area contributed by atoms with E-state index in [0.717, 1.165) is 19.4 Å². The van der Waals surface area contributed by atoms with Gasteiger partial charge in [0.15, 0.2) is 6.23 Å². The van der Waals surface area contributed by atoms with Gasteiger partial charge in [-0.15, -0.1) is 0 Å². The minimum absolute atomic E-state index is 0.100. The first-order chi connectivity index (χ1) is 11.7. The molecule has 2 atom stereocenters. The van der Waals surface area contributed by atoms with Gasteiger partial charge in [-0.1, -0.05) is 12.1 Å². The molecule has 3 N–H and O–H groups in total. The van der Waals surface area contributed by atoms with Crippen LogP contribution in [0.3, 0.4) is 0 Å². The van der Waals surface area contributed by atoms with E-state index < -0.39 is 6.23 Å². The van der Waals surface area contributed by atoms with Crippen molar-refractivity contribution in [2.75, 3.05) is 23.7 Å². The number of nitrogen functional groups attached to an aromatic ring is 1. The van der Waals surface area contributed by atoms with Gasteiger partial charge in [0.05, 0.1) is 11.6 Å². The second-order valence-electron chi connectivity index (χ2n) is 6.19. The zero-order valence-electron chi connectivity index (χ0n) is 13.2. The number of rotatable bonds is 2. The van der Waals surface area contributed by atoms with Crippen LogP contribution in [0.15, 0.2) is 36.7 Å². The molecule has 0 aliphatic carbocycles. The fourth-order valence-electron chi connectivity index (χ4n) is 3.62. The summed E-state index contributed by atoms with van der Waals surface area (Å²) >= 11 is 0. The highest BCUT2D eigenvalue weighted by Gasteiger charge is 2.42. The van der Waals surface area contributed by atoms with Gasteiger partial charge in [0, 0.05) is 36.7 Å². The van der Waals surface area contributed by atoms with Crippen LogP contribution in [-0.4, -0.2) is 45.0 Å². The van der Waals surface area contributed by atoms with Gasteiger partial charge in [-0.25, -0.2) is 9.97 Å². The van der Waals surface area contributed by atoms with Gasteiger partial charge in [0.1, 0.15) is 0 Å². The molecule has 7 heteroatoms. The van der Waals surface area contributed by atoms with E-state index in [1.165, 1.54) is 0 Å². The first kappa shape index (κ1) is 14.9. The Labute approximate surface area is 139 Å². The molecule has 4 rings (SSSR count). The topological polar surface area (TPSA) is 95.6 Å². The Hall–Kier alpha value is -2.67. The van der Waals surface area contributed by atoms with E-state index in [4.69, 9.17) is 5.73 Å². The Balaban J connectivity index is 1.60. The van der Waals surface area contributed by atoms with E-state index in [-0.39, 0.29) is 11.9 Å². The highest BCUT2D eigenvalue weighted by molar-refractivity contribution is 6.03. The van der Waals surface area contributed by atoms with Crippen molar-refractivity contribution in [2.45, 2.75) is 25.1 Å². The summed E-state index contributed by atoms with van der Waals surface area (Å²) in [6, 6.07) is 6.89. The zero-order chi connectivity index (χ0) is 16.7. The summed E-state index contributed by atoms with van der Waals surface area (Å²) in [5, 5.41) is 10.6. The Morgan fingerprint density at radius 2 is 2.00 bits per heavy atom. The van der Waals surface area contributed by atoms with Crippen LogP contribution in [0.25, 0.3) is 0 Å². The van der Waals surface area contributed by atoms with Gasteiger partial charge in [-0.3, -0.25) is 4.79 Å². The molecule has 1 unspecified atom stereocenters. The highest BCUT2D eigenvalue weighted by atomic mass is 16.3. The zero-order valence-corrected chi connectivity index (χ0v) is 13.2. The fourth-order valence-corrected chi connectivity index (χ4v) is 3.62. The summed E-state index contributed by atoms with van der Waals surface area (Å²) in [6.45, 7) is 1.44. The van der Waals surface area contributed by atoms with Crippen LogP contribution < -0.4 is 10.6 Å². The number of nitrogens with zero attached hydrogens (tertiary/aromatic N) is 4.